The quantitative estimate of drug-likeness (QED) is 0.0204. The van der Waals surface area contributed by atoms with Crippen molar-refractivity contribution in [2.75, 3.05) is 19.8 Å². The minimum atomic E-state index is -1.80. The summed E-state index contributed by atoms with van der Waals surface area (Å²) in [5, 5.41) is 87.5. The molecule has 0 aromatic heterocycles. The predicted molar refractivity (Wildman–Crippen MR) is 392 cm³/mol. The topological polar surface area (TPSA) is 228 Å². The Labute approximate surface area is 579 Å². The Morgan fingerprint density at radius 1 is 0.389 bits per heavy atom. The van der Waals surface area contributed by atoms with Gasteiger partial charge in [0.25, 0.3) is 0 Å². The van der Waals surface area contributed by atoms with E-state index in [1.54, 1.807) is 6.08 Å². The van der Waals surface area contributed by atoms with Gasteiger partial charge in [0, 0.05) is 6.42 Å². The van der Waals surface area contributed by atoms with Crippen LogP contribution in [0, 0.1) is 0 Å². The molecule has 2 saturated heterocycles. The molecule has 1 amide bonds. The van der Waals surface area contributed by atoms with Gasteiger partial charge in [0.05, 0.1) is 32.0 Å². The second-order valence-electron chi connectivity index (χ2n) is 27.1. The van der Waals surface area contributed by atoms with Gasteiger partial charge in [0.2, 0.25) is 5.91 Å². The number of hydrogen-bond donors (Lipinski definition) is 9. The Bertz CT molecular complexity index is 1970. The van der Waals surface area contributed by atoms with Crippen molar-refractivity contribution < 1.29 is 64.6 Å². The number of aliphatic hydroxyl groups excluding tert-OH is 8. The first kappa shape index (κ1) is 88.0. The predicted octanol–water partition coefficient (Wildman–Crippen LogP) is 17.3. The normalized spacial score (nSPS) is 22.9. The lowest BCUT2D eigenvalue weighted by atomic mass is 9.97. The van der Waals surface area contributed by atoms with E-state index in [9.17, 15) is 45.6 Å². The number of carbonyl (C=O) groups is 1. The molecule has 550 valence electrons. The van der Waals surface area contributed by atoms with Gasteiger partial charge >= 0.3 is 0 Å². The van der Waals surface area contributed by atoms with E-state index in [2.05, 4.69) is 104 Å². The number of rotatable bonds is 64. The second-order valence-corrected chi connectivity index (χ2v) is 27.1. The minimum absolute atomic E-state index is 0.250. The Morgan fingerprint density at radius 3 is 1.16 bits per heavy atom. The SMILES string of the molecule is CC/C=C\C/C=C\C/C=C\C/C=C\C/C=C\CCCCCCCCCCCCCCCCCCCCCCCCCC(=O)NC(COC1OC(CO)C(OC2OC(CO)C(O)C(O)C2O)C(O)C1O)C(O)/C=C/CC/C=C/CC/C=C/CCCCCCCCCCCCCC. The molecule has 0 aromatic rings. The molecule has 0 aromatic carbocycles. The van der Waals surface area contributed by atoms with Crippen molar-refractivity contribution in [1.29, 1.82) is 0 Å². The Hall–Kier alpha value is -3.09. The van der Waals surface area contributed by atoms with Crippen LogP contribution < -0.4 is 5.32 Å². The molecule has 95 heavy (non-hydrogen) atoms. The van der Waals surface area contributed by atoms with Crippen LogP contribution in [0.4, 0.5) is 0 Å². The van der Waals surface area contributed by atoms with Crippen LogP contribution in [0.3, 0.4) is 0 Å². The summed E-state index contributed by atoms with van der Waals surface area (Å²) in [5.74, 6) is -0.250. The van der Waals surface area contributed by atoms with Crippen molar-refractivity contribution in [2.24, 2.45) is 0 Å². The summed E-state index contributed by atoms with van der Waals surface area (Å²) in [7, 11) is 0. The molecule has 14 heteroatoms. The molecular weight excluding hydrogens is 1190 g/mol. The van der Waals surface area contributed by atoms with E-state index in [0.717, 1.165) is 77.0 Å². The molecule has 0 saturated carbocycles. The number of allylic oxidation sites excluding steroid dienone is 15. The summed E-state index contributed by atoms with van der Waals surface area (Å²) < 4.78 is 22.9. The van der Waals surface area contributed by atoms with Crippen LogP contribution in [-0.2, 0) is 23.7 Å². The average Bonchev–Trinajstić information content (AvgIpc) is 0.801. The fourth-order valence-electron chi connectivity index (χ4n) is 12.4. The highest BCUT2D eigenvalue weighted by Crippen LogP contribution is 2.30. The summed E-state index contributed by atoms with van der Waals surface area (Å²) in [6.07, 6.45) is 74.9. The van der Waals surface area contributed by atoms with Crippen LogP contribution in [0.5, 0.6) is 0 Å². The van der Waals surface area contributed by atoms with E-state index in [4.69, 9.17) is 18.9 Å². The number of unbranched alkanes of at least 4 members (excludes halogenated alkanes) is 37. The van der Waals surface area contributed by atoms with Gasteiger partial charge in [-0.15, -0.1) is 0 Å². The highest BCUT2D eigenvalue weighted by molar-refractivity contribution is 5.76. The van der Waals surface area contributed by atoms with Gasteiger partial charge in [-0.3, -0.25) is 4.79 Å². The molecule has 0 bridgehead atoms. The van der Waals surface area contributed by atoms with E-state index in [0.29, 0.717) is 12.8 Å². The largest absolute Gasteiger partial charge is 0.394 e. The molecule has 0 radical (unpaired) electrons. The van der Waals surface area contributed by atoms with E-state index in [-0.39, 0.29) is 18.9 Å². The Kier molecular flexibility index (Phi) is 59.6. The van der Waals surface area contributed by atoms with Crippen molar-refractivity contribution in [2.45, 2.75) is 389 Å². The molecule has 12 unspecified atom stereocenters. The molecule has 2 aliphatic rings. The molecule has 2 fully saturated rings. The van der Waals surface area contributed by atoms with Crippen molar-refractivity contribution in [1.82, 2.24) is 5.32 Å². The number of amides is 1. The first-order valence-corrected chi connectivity index (χ1v) is 39.0. The first-order chi connectivity index (χ1) is 46.6. The third kappa shape index (κ3) is 47.6. The van der Waals surface area contributed by atoms with Crippen LogP contribution in [-0.4, -0.2) is 140 Å². The van der Waals surface area contributed by atoms with Gasteiger partial charge < -0.3 is 65.1 Å². The van der Waals surface area contributed by atoms with Gasteiger partial charge in [0.1, 0.15) is 48.8 Å². The lowest BCUT2D eigenvalue weighted by Crippen LogP contribution is -2.65. The van der Waals surface area contributed by atoms with E-state index in [1.165, 1.54) is 205 Å². The van der Waals surface area contributed by atoms with E-state index >= 15 is 0 Å². The summed E-state index contributed by atoms with van der Waals surface area (Å²) in [4.78, 5) is 13.4. The summed E-state index contributed by atoms with van der Waals surface area (Å²) in [6.45, 7) is 2.69. The second kappa shape index (κ2) is 64.3. The summed E-state index contributed by atoms with van der Waals surface area (Å²) >= 11 is 0. The molecule has 12 atom stereocenters. The zero-order chi connectivity index (χ0) is 68.7. The van der Waals surface area contributed by atoms with E-state index in [1.807, 2.05) is 6.08 Å². The fourth-order valence-corrected chi connectivity index (χ4v) is 12.4. The molecule has 9 N–H and O–H groups in total. The van der Waals surface area contributed by atoms with Crippen molar-refractivity contribution in [3.8, 4) is 0 Å². The fraction of sp³-hybridized carbons (Fsp3) is 0.790. The summed E-state index contributed by atoms with van der Waals surface area (Å²) in [5.41, 5.74) is 0. The summed E-state index contributed by atoms with van der Waals surface area (Å²) in [6, 6.07) is -0.942. The van der Waals surface area contributed by atoms with Gasteiger partial charge in [-0.2, -0.15) is 0 Å². The Morgan fingerprint density at radius 2 is 0.737 bits per heavy atom. The van der Waals surface area contributed by atoms with Crippen LogP contribution >= 0.6 is 0 Å². The number of hydrogen-bond acceptors (Lipinski definition) is 13. The smallest absolute Gasteiger partial charge is 0.220 e. The minimum Gasteiger partial charge on any atom is -0.394 e. The maximum absolute atomic E-state index is 13.4. The zero-order valence-electron chi connectivity index (χ0n) is 60.1. The van der Waals surface area contributed by atoms with Crippen molar-refractivity contribution in [3.05, 3.63) is 97.2 Å². The molecule has 2 rings (SSSR count). The third-order valence-electron chi connectivity index (χ3n) is 18.5. The van der Waals surface area contributed by atoms with Gasteiger partial charge in [-0.25, -0.2) is 0 Å². The molecule has 2 heterocycles. The maximum atomic E-state index is 13.4. The first-order valence-electron chi connectivity index (χ1n) is 39.0. The zero-order valence-corrected chi connectivity index (χ0v) is 60.1. The van der Waals surface area contributed by atoms with Crippen LogP contribution in [0.25, 0.3) is 0 Å². The standard InChI is InChI=1S/C81H143NO13/c1-3-5-7-9-11-13-15-17-19-21-23-25-27-28-29-30-31-32-33-34-35-36-37-38-39-40-41-42-43-45-47-49-51-53-55-57-59-61-63-65-73(86)82-69(68-92-80-78(91)76(89)79(72(67-84)94-80)95-81-77(90)75(88)74(87)71(66-83)93-81)70(85)64-62-60-58-56-54-52-50-48-46-44-26-24-22-20-18-16-14-12-10-8-6-4-2/h5,7,11,13,17,19,23,25,28-29,46,48,54,56,62,64,69-72,74-81,83-85,87-91H,3-4,6,8-10,12,14-16,18,20-22,24,26-27,30-45,47,49-53,55,57-61,63,65-68H2,1-2H3,(H,82,86)/b7-5-,13-11-,19-17-,25-23-,29-28-,48-46+,56-54+,64-62+. The van der Waals surface area contributed by atoms with Crippen molar-refractivity contribution >= 4 is 5.91 Å². The number of aliphatic hydroxyl groups is 8. The molecule has 0 aliphatic carbocycles. The molecule has 2 aliphatic heterocycles. The highest BCUT2D eigenvalue weighted by Gasteiger charge is 2.51. The van der Waals surface area contributed by atoms with Crippen LogP contribution in [0.2, 0.25) is 0 Å². The number of nitrogens with one attached hydrogen (secondary N) is 1. The molecule has 14 nitrogen and oxygen atoms in total. The number of ether oxygens (including phenoxy) is 4. The monoisotopic (exact) mass is 1340 g/mol. The van der Waals surface area contributed by atoms with Crippen molar-refractivity contribution in [3.63, 3.8) is 0 Å². The highest BCUT2D eigenvalue weighted by atomic mass is 16.7. The average molecular weight is 1340 g/mol. The van der Waals surface area contributed by atoms with Gasteiger partial charge in [0.15, 0.2) is 12.6 Å². The molecule has 0 spiro atoms. The Balaban J connectivity index is 1.60. The van der Waals surface area contributed by atoms with Gasteiger partial charge in [-0.05, 0) is 89.9 Å². The molecular formula is C81H143NO13. The lowest BCUT2D eigenvalue weighted by Gasteiger charge is -2.46. The number of carbonyl (C=O) groups excluding carboxylic acids is 1. The van der Waals surface area contributed by atoms with Crippen LogP contribution in [0.15, 0.2) is 97.2 Å². The van der Waals surface area contributed by atoms with Crippen LogP contribution in [0.1, 0.15) is 316 Å². The maximum Gasteiger partial charge on any atom is 0.220 e. The van der Waals surface area contributed by atoms with Gasteiger partial charge in [-0.1, -0.05) is 317 Å². The van der Waals surface area contributed by atoms with E-state index < -0.39 is 86.8 Å². The lowest BCUT2D eigenvalue weighted by molar-refractivity contribution is -0.359. The third-order valence-corrected chi connectivity index (χ3v) is 18.5.